The zero-order chi connectivity index (χ0) is 21.5. The van der Waals surface area contributed by atoms with Crippen molar-refractivity contribution in [3.05, 3.63) is 88.3 Å². The lowest BCUT2D eigenvalue weighted by Gasteiger charge is -2.16. The topological polar surface area (TPSA) is 122 Å². The fraction of sp³-hybridized carbons (Fsp3) is 0.0952. The van der Waals surface area contributed by atoms with Crippen molar-refractivity contribution < 1.29 is 28.3 Å². The van der Waals surface area contributed by atoms with Gasteiger partial charge in [-0.05, 0) is 45.8 Å². The van der Waals surface area contributed by atoms with E-state index in [1.54, 1.807) is 36.4 Å². The molecule has 30 heavy (non-hydrogen) atoms. The predicted octanol–water partition coefficient (Wildman–Crippen LogP) is 3.22. The maximum Gasteiger partial charge on any atom is 0.326 e. The van der Waals surface area contributed by atoms with E-state index in [2.05, 4.69) is 26.6 Å². The lowest BCUT2D eigenvalue weighted by atomic mass is 10.1. The molecule has 3 aromatic rings. The molecule has 0 saturated carbocycles. The maximum absolute atomic E-state index is 12.8. The average molecular weight is 473 g/mol. The third-order valence-corrected chi connectivity index (χ3v) is 4.43. The Labute approximate surface area is 179 Å². The molecule has 154 valence electrons. The predicted molar refractivity (Wildman–Crippen MR) is 110 cm³/mol. The minimum atomic E-state index is -1.20. The van der Waals surface area contributed by atoms with E-state index in [0.717, 1.165) is 5.56 Å². The van der Waals surface area contributed by atoms with Crippen LogP contribution in [0.1, 0.15) is 21.9 Å². The minimum Gasteiger partial charge on any atom is -0.480 e. The number of amides is 2. The summed E-state index contributed by atoms with van der Waals surface area (Å²) < 4.78 is 10.7. The Hall–Kier alpha value is -3.59. The summed E-state index contributed by atoms with van der Waals surface area (Å²) in [4.78, 5) is 36.9. The smallest absolute Gasteiger partial charge is 0.326 e. The Kier molecular flexibility index (Phi) is 6.87. The zero-order valence-corrected chi connectivity index (χ0v) is 17.1. The Morgan fingerprint density at radius 1 is 1.07 bits per heavy atom. The summed E-state index contributed by atoms with van der Waals surface area (Å²) in [5.41, 5.74) is 0.549. The van der Waals surface area contributed by atoms with Gasteiger partial charge in [0, 0.05) is 12.5 Å². The van der Waals surface area contributed by atoms with Crippen LogP contribution in [-0.2, 0) is 16.0 Å². The maximum atomic E-state index is 12.8. The number of halogens is 1. The van der Waals surface area contributed by atoms with E-state index in [4.69, 9.17) is 8.83 Å². The van der Waals surface area contributed by atoms with Crippen molar-refractivity contribution in [2.75, 3.05) is 0 Å². The molecule has 0 bridgehead atoms. The van der Waals surface area contributed by atoms with Crippen LogP contribution in [0.15, 0.2) is 80.1 Å². The highest BCUT2D eigenvalue weighted by Gasteiger charge is 2.24. The van der Waals surface area contributed by atoms with Gasteiger partial charge in [0.25, 0.3) is 11.8 Å². The molecule has 0 saturated heterocycles. The molecule has 3 rings (SSSR count). The number of carboxylic acid groups (broad SMARTS) is 1. The normalized spacial score (nSPS) is 12.2. The number of hydrogen-bond donors (Lipinski definition) is 3. The Bertz CT molecular complexity index is 1060. The molecule has 3 N–H and O–H groups in total. The van der Waals surface area contributed by atoms with Crippen LogP contribution in [0.3, 0.4) is 0 Å². The first-order chi connectivity index (χ1) is 14.4. The van der Waals surface area contributed by atoms with E-state index in [0.29, 0.717) is 10.4 Å². The van der Waals surface area contributed by atoms with Crippen LogP contribution in [-0.4, -0.2) is 28.9 Å². The summed E-state index contributed by atoms with van der Waals surface area (Å²) in [5.74, 6) is -2.39. The second-order valence-electron chi connectivity index (χ2n) is 6.19. The molecule has 2 aromatic heterocycles. The summed E-state index contributed by atoms with van der Waals surface area (Å²) >= 11 is 3.10. The van der Waals surface area contributed by atoms with Gasteiger partial charge in [0.1, 0.15) is 17.5 Å². The number of carbonyl (C=O) groups excluding carboxylic acids is 2. The van der Waals surface area contributed by atoms with Gasteiger partial charge in [-0.25, -0.2) is 4.79 Å². The Morgan fingerprint density at radius 3 is 2.43 bits per heavy atom. The van der Waals surface area contributed by atoms with Crippen LogP contribution in [0.4, 0.5) is 0 Å². The number of carboxylic acids is 1. The molecule has 0 fully saturated rings. The number of hydrogen-bond acceptors (Lipinski definition) is 5. The second kappa shape index (κ2) is 9.75. The number of rotatable bonds is 8. The summed E-state index contributed by atoms with van der Waals surface area (Å²) in [7, 11) is 0. The van der Waals surface area contributed by atoms with E-state index < -0.39 is 23.8 Å². The molecular formula is C21H17BrN2O6. The van der Waals surface area contributed by atoms with Crippen molar-refractivity contribution in [1.29, 1.82) is 0 Å². The molecular weight excluding hydrogens is 456 g/mol. The fourth-order valence-electron chi connectivity index (χ4n) is 2.58. The van der Waals surface area contributed by atoms with Gasteiger partial charge in [0.15, 0.2) is 10.4 Å². The number of nitrogens with one attached hydrogen (secondary N) is 2. The monoisotopic (exact) mass is 472 g/mol. The highest BCUT2D eigenvalue weighted by molar-refractivity contribution is 9.10. The SMILES string of the molecule is O=C(NC(Cc1ccccc1)C(=O)O)C(=Cc1ccco1)NC(=O)c1ccc(Br)o1. The molecule has 0 aliphatic heterocycles. The van der Waals surface area contributed by atoms with Gasteiger partial charge in [-0.15, -0.1) is 0 Å². The van der Waals surface area contributed by atoms with Crippen LogP contribution in [0.5, 0.6) is 0 Å². The van der Waals surface area contributed by atoms with Crippen LogP contribution < -0.4 is 10.6 Å². The molecule has 0 aliphatic carbocycles. The van der Waals surface area contributed by atoms with Gasteiger partial charge in [-0.1, -0.05) is 30.3 Å². The van der Waals surface area contributed by atoms with Crippen LogP contribution in [0.2, 0.25) is 0 Å². The average Bonchev–Trinajstić information content (AvgIpc) is 3.39. The first kappa shape index (κ1) is 21.1. The number of benzene rings is 1. The largest absolute Gasteiger partial charge is 0.480 e. The third kappa shape index (κ3) is 5.71. The summed E-state index contributed by atoms with van der Waals surface area (Å²) in [6.07, 6.45) is 2.78. The first-order valence-corrected chi connectivity index (χ1v) is 9.61. The van der Waals surface area contributed by atoms with Gasteiger partial charge in [0.05, 0.1) is 6.26 Å². The molecule has 8 nitrogen and oxygen atoms in total. The lowest BCUT2D eigenvalue weighted by Crippen LogP contribution is -2.45. The summed E-state index contributed by atoms with van der Waals surface area (Å²) in [5, 5.41) is 14.4. The number of aliphatic carboxylic acids is 1. The van der Waals surface area contributed by atoms with E-state index >= 15 is 0 Å². The van der Waals surface area contributed by atoms with Crippen molar-refractivity contribution >= 4 is 39.8 Å². The van der Waals surface area contributed by atoms with Crippen molar-refractivity contribution in [3.8, 4) is 0 Å². The summed E-state index contributed by atoms with van der Waals surface area (Å²) in [6.45, 7) is 0. The highest BCUT2D eigenvalue weighted by Crippen LogP contribution is 2.15. The molecule has 0 radical (unpaired) electrons. The zero-order valence-electron chi connectivity index (χ0n) is 15.5. The molecule has 0 spiro atoms. The van der Waals surface area contributed by atoms with E-state index in [1.807, 2.05) is 6.07 Å². The lowest BCUT2D eigenvalue weighted by molar-refractivity contribution is -0.141. The van der Waals surface area contributed by atoms with Crippen LogP contribution in [0, 0.1) is 0 Å². The van der Waals surface area contributed by atoms with Crippen molar-refractivity contribution in [2.24, 2.45) is 0 Å². The number of carbonyl (C=O) groups is 3. The van der Waals surface area contributed by atoms with E-state index in [1.165, 1.54) is 24.5 Å². The Morgan fingerprint density at radius 2 is 1.83 bits per heavy atom. The third-order valence-electron chi connectivity index (χ3n) is 4.01. The fourth-order valence-corrected chi connectivity index (χ4v) is 2.89. The standard InChI is InChI=1S/C21H17BrN2O6/c22-18-9-8-17(30-18)20(26)23-15(12-14-7-4-10-29-14)19(25)24-16(21(27)28)11-13-5-2-1-3-6-13/h1-10,12,16H,11H2,(H,23,26)(H,24,25)(H,27,28). The first-order valence-electron chi connectivity index (χ1n) is 8.82. The van der Waals surface area contributed by atoms with Gasteiger partial charge < -0.3 is 24.6 Å². The quantitative estimate of drug-likeness (QED) is 0.432. The Balaban J connectivity index is 1.80. The van der Waals surface area contributed by atoms with Crippen LogP contribution in [0.25, 0.3) is 6.08 Å². The molecule has 0 aliphatic rings. The molecule has 9 heteroatoms. The van der Waals surface area contributed by atoms with Gasteiger partial charge in [-0.2, -0.15) is 0 Å². The van der Waals surface area contributed by atoms with Gasteiger partial charge >= 0.3 is 5.97 Å². The van der Waals surface area contributed by atoms with Crippen LogP contribution >= 0.6 is 15.9 Å². The van der Waals surface area contributed by atoms with Gasteiger partial charge in [0.2, 0.25) is 0 Å². The molecule has 1 unspecified atom stereocenters. The highest BCUT2D eigenvalue weighted by atomic mass is 79.9. The van der Waals surface area contributed by atoms with Crippen molar-refractivity contribution in [2.45, 2.75) is 12.5 Å². The second-order valence-corrected chi connectivity index (χ2v) is 6.97. The van der Waals surface area contributed by atoms with Crippen molar-refractivity contribution in [1.82, 2.24) is 10.6 Å². The molecule has 1 aromatic carbocycles. The van der Waals surface area contributed by atoms with Gasteiger partial charge in [-0.3, -0.25) is 9.59 Å². The molecule has 2 heterocycles. The molecule has 2 amide bonds. The number of furan rings is 2. The minimum absolute atomic E-state index is 0.0286. The van der Waals surface area contributed by atoms with E-state index in [9.17, 15) is 19.5 Å². The van der Waals surface area contributed by atoms with Crippen molar-refractivity contribution in [3.63, 3.8) is 0 Å². The molecule has 1 atom stereocenters. The van der Waals surface area contributed by atoms with E-state index in [-0.39, 0.29) is 17.9 Å². The summed E-state index contributed by atoms with van der Waals surface area (Å²) in [6, 6.07) is 13.8.